The van der Waals surface area contributed by atoms with Gasteiger partial charge in [0, 0.05) is 6.42 Å². The first kappa shape index (κ1) is 21.7. The van der Waals surface area contributed by atoms with Gasteiger partial charge in [0.25, 0.3) is 0 Å². The van der Waals surface area contributed by atoms with E-state index < -0.39 is 0 Å². The molecule has 0 radical (unpaired) electrons. The Morgan fingerprint density at radius 2 is 1.00 bits per heavy atom. The molecule has 1 nitrogen and oxygen atoms in total. The number of carbonyl (C=O) groups excluding carboxylic acids is 1. The molecule has 0 aliphatic heterocycles. The first-order valence-corrected chi connectivity index (χ1v) is 10.3. The van der Waals surface area contributed by atoms with Crippen molar-refractivity contribution in [2.45, 2.75) is 123 Å². The number of hydrogen-bond acceptors (Lipinski definition) is 1. The van der Waals surface area contributed by atoms with Crippen molar-refractivity contribution in [3.8, 4) is 0 Å². The predicted octanol–water partition coefficient (Wildman–Crippen LogP) is 7.18. The third-order valence-corrected chi connectivity index (χ3v) is 4.87. The molecule has 0 heterocycles. The van der Waals surface area contributed by atoms with E-state index in [2.05, 4.69) is 13.8 Å². The van der Waals surface area contributed by atoms with Gasteiger partial charge in [-0.05, 0) is 0 Å². The number of aldehydes is 1. The van der Waals surface area contributed by atoms with E-state index in [0.717, 1.165) is 25.8 Å². The molecule has 0 aliphatic carbocycles. The molecule has 0 aromatic rings. The van der Waals surface area contributed by atoms with Gasteiger partial charge in [0.1, 0.15) is 13.0 Å². The maximum Gasteiger partial charge on any atom is 0.139 e. The van der Waals surface area contributed by atoms with Gasteiger partial charge in [0.2, 0.25) is 0 Å². The first-order valence-electron chi connectivity index (χ1n) is 10.3. The molecule has 0 aromatic carbocycles. The third-order valence-electron chi connectivity index (χ3n) is 4.87. The molecular weight excluding hydrogens is 267 g/mol. The Labute approximate surface area is 141 Å². The van der Waals surface area contributed by atoms with E-state index >= 15 is 0 Å². The number of carbonyl (C=O) groups is 1. The summed E-state index contributed by atoms with van der Waals surface area (Å²) in [5.41, 5.74) is 0. The molecule has 0 bridgehead atoms. The Kier molecular flexibility index (Phi) is 18.6. The van der Waals surface area contributed by atoms with Crippen molar-refractivity contribution >= 4 is 13.0 Å². The Bertz CT molecular complexity index is 202. The lowest BCUT2D eigenvalue weighted by atomic mass is 9.41. The van der Waals surface area contributed by atoms with Crippen LogP contribution in [0.1, 0.15) is 104 Å². The van der Waals surface area contributed by atoms with Crippen LogP contribution in [-0.2, 0) is 4.79 Å². The third kappa shape index (κ3) is 16.1. The molecule has 0 rings (SSSR count). The van der Waals surface area contributed by atoms with Gasteiger partial charge >= 0.3 is 0 Å². The Morgan fingerprint density at radius 3 is 1.45 bits per heavy atom. The number of rotatable bonds is 18. The van der Waals surface area contributed by atoms with Gasteiger partial charge in [-0.3, -0.25) is 0 Å². The van der Waals surface area contributed by atoms with Gasteiger partial charge in [-0.1, -0.05) is 116 Å². The Balaban J connectivity index is 3.67. The largest absolute Gasteiger partial charge is 0.303 e. The van der Waals surface area contributed by atoms with E-state index in [1.807, 2.05) is 0 Å². The highest BCUT2D eigenvalue weighted by Crippen LogP contribution is 2.19. The van der Waals surface area contributed by atoms with E-state index in [9.17, 15) is 4.79 Å². The molecule has 130 valence electrons. The van der Waals surface area contributed by atoms with E-state index in [1.54, 1.807) is 0 Å². The summed E-state index contributed by atoms with van der Waals surface area (Å²) >= 11 is 0. The highest BCUT2D eigenvalue weighted by molar-refractivity contribution is 6.58. The SMILES string of the molecule is CCCCCCCCB(CCCC=O)CCCCCCCC. The second kappa shape index (κ2) is 18.8. The van der Waals surface area contributed by atoms with Crippen LogP contribution in [0.4, 0.5) is 0 Å². The first-order chi connectivity index (χ1) is 10.8. The highest BCUT2D eigenvalue weighted by atomic mass is 16.1. The van der Waals surface area contributed by atoms with Crippen molar-refractivity contribution in [2.24, 2.45) is 0 Å². The van der Waals surface area contributed by atoms with E-state index in [-0.39, 0.29) is 0 Å². The summed E-state index contributed by atoms with van der Waals surface area (Å²) < 4.78 is 0. The van der Waals surface area contributed by atoms with Gasteiger partial charge in [-0.2, -0.15) is 0 Å². The summed E-state index contributed by atoms with van der Waals surface area (Å²) in [6.45, 7) is 5.45. The van der Waals surface area contributed by atoms with Crippen LogP contribution in [0.2, 0.25) is 19.0 Å². The van der Waals surface area contributed by atoms with Crippen molar-refractivity contribution in [1.29, 1.82) is 0 Å². The molecule has 0 spiro atoms. The van der Waals surface area contributed by atoms with Crippen molar-refractivity contribution in [2.75, 3.05) is 0 Å². The van der Waals surface area contributed by atoms with Gasteiger partial charge in [0.15, 0.2) is 0 Å². The molecule has 0 aromatic heterocycles. The normalized spacial score (nSPS) is 10.8. The standard InChI is InChI=1S/C20H41BO/c1-3-5-7-9-11-13-17-21(19-15-16-20-22)18-14-12-10-8-6-4-2/h20H,3-19H2,1-2H3. The summed E-state index contributed by atoms with van der Waals surface area (Å²) in [6, 6.07) is 0. The number of unbranched alkanes of at least 4 members (excludes halogenated alkanes) is 11. The van der Waals surface area contributed by atoms with Gasteiger partial charge in [-0.25, -0.2) is 0 Å². The molecule has 0 fully saturated rings. The van der Waals surface area contributed by atoms with E-state index in [0.29, 0.717) is 0 Å². The minimum absolute atomic E-state index is 0.767. The summed E-state index contributed by atoms with van der Waals surface area (Å²) in [5, 5.41) is 0. The lowest BCUT2D eigenvalue weighted by Crippen LogP contribution is -2.12. The summed E-state index contributed by atoms with van der Waals surface area (Å²) in [4.78, 5) is 10.5. The zero-order valence-electron chi connectivity index (χ0n) is 15.6. The van der Waals surface area contributed by atoms with Crippen molar-refractivity contribution in [3.05, 3.63) is 0 Å². The molecule has 22 heavy (non-hydrogen) atoms. The molecule has 0 atom stereocenters. The number of hydrogen-bond donors (Lipinski definition) is 0. The highest BCUT2D eigenvalue weighted by Gasteiger charge is 2.12. The molecule has 0 amide bonds. The smallest absolute Gasteiger partial charge is 0.139 e. The van der Waals surface area contributed by atoms with Gasteiger partial charge < -0.3 is 4.79 Å². The monoisotopic (exact) mass is 308 g/mol. The summed E-state index contributed by atoms with van der Waals surface area (Å²) in [6.07, 6.45) is 23.9. The summed E-state index contributed by atoms with van der Waals surface area (Å²) in [5.74, 6) is 0. The van der Waals surface area contributed by atoms with Crippen LogP contribution in [0.25, 0.3) is 0 Å². The molecule has 0 saturated carbocycles. The van der Waals surface area contributed by atoms with Gasteiger partial charge in [-0.15, -0.1) is 0 Å². The van der Waals surface area contributed by atoms with Crippen LogP contribution in [0.15, 0.2) is 0 Å². The fourth-order valence-corrected chi connectivity index (χ4v) is 3.35. The molecule has 2 heteroatoms. The second-order valence-corrected chi connectivity index (χ2v) is 7.08. The van der Waals surface area contributed by atoms with Crippen molar-refractivity contribution < 1.29 is 4.79 Å². The molecule has 0 N–H and O–H groups in total. The quantitative estimate of drug-likeness (QED) is 0.149. The van der Waals surface area contributed by atoms with Crippen LogP contribution in [0.5, 0.6) is 0 Å². The fraction of sp³-hybridized carbons (Fsp3) is 0.950. The van der Waals surface area contributed by atoms with E-state index in [4.69, 9.17) is 0 Å². The van der Waals surface area contributed by atoms with Gasteiger partial charge in [0.05, 0.1) is 0 Å². The Morgan fingerprint density at radius 1 is 0.591 bits per heavy atom. The van der Waals surface area contributed by atoms with Crippen molar-refractivity contribution in [3.63, 3.8) is 0 Å². The van der Waals surface area contributed by atoms with Crippen LogP contribution in [-0.4, -0.2) is 13.0 Å². The minimum atomic E-state index is 0.767. The maximum absolute atomic E-state index is 10.5. The topological polar surface area (TPSA) is 17.1 Å². The second-order valence-electron chi connectivity index (χ2n) is 7.08. The minimum Gasteiger partial charge on any atom is -0.303 e. The fourth-order valence-electron chi connectivity index (χ4n) is 3.35. The van der Waals surface area contributed by atoms with Crippen molar-refractivity contribution in [1.82, 2.24) is 0 Å². The Hall–Kier alpha value is -0.265. The average molecular weight is 308 g/mol. The molecule has 0 aliphatic rings. The summed E-state index contributed by atoms with van der Waals surface area (Å²) in [7, 11) is 0. The molecular formula is C20H41BO. The van der Waals surface area contributed by atoms with Crippen LogP contribution in [0, 0.1) is 0 Å². The van der Waals surface area contributed by atoms with Crippen LogP contribution in [0.3, 0.4) is 0 Å². The van der Waals surface area contributed by atoms with E-state index in [1.165, 1.54) is 96.0 Å². The lowest BCUT2D eigenvalue weighted by molar-refractivity contribution is -0.107. The average Bonchev–Trinajstić information content (AvgIpc) is 2.53. The predicted molar refractivity (Wildman–Crippen MR) is 102 cm³/mol. The maximum atomic E-state index is 10.5. The van der Waals surface area contributed by atoms with Crippen LogP contribution >= 0.6 is 0 Å². The molecule has 0 unspecified atom stereocenters. The van der Waals surface area contributed by atoms with Crippen LogP contribution < -0.4 is 0 Å². The zero-order valence-corrected chi connectivity index (χ0v) is 15.6. The zero-order chi connectivity index (χ0) is 16.3. The lowest BCUT2D eigenvalue weighted by Gasteiger charge is -2.13. The molecule has 0 saturated heterocycles.